The van der Waals surface area contributed by atoms with Gasteiger partial charge < -0.3 is 10.0 Å². The number of aliphatic hydroxyl groups excluding tert-OH is 1. The van der Waals surface area contributed by atoms with Gasteiger partial charge in [-0.15, -0.1) is 0 Å². The number of hydrogen-bond donors (Lipinski definition) is 1. The molecule has 2 saturated heterocycles. The lowest BCUT2D eigenvalue weighted by Crippen LogP contribution is -2.85. The summed E-state index contributed by atoms with van der Waals surface area (Å²) in [5.74, 6) is -0.123. The van der Waals surface area contributed by atoms with Gasteiger partial charge >= 0.3 is 0 Å². The molecule has 7 heteroatoms. The lowest BCUT2D eigenvalue weighted by Gasteiger charge is -2.69. The molecule has 0 aromatic heterocycles. The smallest absolute Gasteiger partial charge is 0.222 e. The van der Waals surface area contributed by atoms with Crippen molar-refractivity contribution < 1.29 is 18.3 Å². The Balaban J connectivity index is 1.67. The summed E-state index contributed by atoms with van der Waals surface area (Å²) in [6.07, 6.45) is 1.57. The van der Waals surface area contributed by atoms with E-state index < -0.39 is 21.6 Å². The zero-order chi connectivity index (χ0) is 20.8. The highest BCUT2D eigenvalue weighted by Crippen LogP contribution is 2.55. The number of carbonyl (C=O) groups is 1. The summed E-state index contributed by atoms with van der Waals surface area (Å²) >= 11 is 0. The Labute approximate surface area is 171 Å². The van der Waals surface area contributed by atoms with Crippen LogP contribution in [-0.2, 0) is 14.8 Å². The van der Waals surface area contributed by atoms with Gasteiger partial charge in [-0.3, -0.25) is 4.79 Å². The van der Waals surface area contributed by atoms with Crippen molar-refractivity contribution >= 4 is 15.9 Å². The Morgan fingerprint density at radius 1 is 1.07 bits per heavy atom. The molecule has 154 valence electrons. The largest absolute Gasteiger partial charge is 0.395 e. The molecular weight excluding hydrogens is 388 g/mol. The molecule has 0 unspecified atom stereocenters. The van der Waals surface area contributed by atoms with E-state index in [1.807, 2.05) is 54.6 Å². The van der Waals surface area contributed by atoms with Crippen LogP contribution in [0.5, 0.6) is 0 Å². The number of likely N-dealkylation sites (tertiary alicyclic amines) is 1. The van der Waals surface area contributed by atoms with Crippen LogP contribution in [0, 0.1) is 0 Å². The molecule has 0 saturated carbocycles. The predicted octanol–water partition coefficient (Wildman–Crippen LogP) is 2.06. The van der Waals surface area contributed by atoms with Gasteiger partial charge in [0.2, 0.25) is 15.9 Å². The first-order valence-electron chi connectivity index (χ1n) is 9.85. The lowest BCUT2D eigenvalue weighted by molar-refractivity contribution is -0.167. The van der Waals surface area contributed by atoms with E-state index in [0.717, 1.165) is 16.7 Å². The maximum atomic E-state index is 12.5. The molecule has 29 heavy (non-hydrogen) atoms. The number of sulfonamides is 1. The second-order valence-corrected chi connectivity index (χ2v) is 9.84. The van der Waals surface area contributed by atoms with E-state index in [1.54, 1.807) is 11.8 Å². The average molecular weight is 415 g/mol. The topological polar surface area (TPSA) is 77.9 Å². The highest BCUT2D eigenvalue weighted by atomic mass is 32.2. The maximum absolute atomic E-state index is 12.5. The third-order valence-electron chi connectivity index (χ3n) is 6.21. The van der Waals surface area contributed by atoms with Gasteiger partial charge in [0, 0.05) is 25.4 Å². The maximum Gasteiger partial charge on any atom is 0.222 e. The Kier molecular flexibility index (Phi) is 5.01. The molecule has 1 amide bonds. The minimum absolute atomic E-state index is 0.0229. The molecule has 2 fully saturated rings. The first-order valence-corrected chi connectivity index (χ1v) is 11.7. The molecule has 0 aliphatic carbocycles. The number of amides is 1. The zero-order valence-electron chi connectivity index (χ0n) is 16.7. The molecule has 1 N–H and O–H groups in total. The van der Waals surface area contributed by atoms with Crippen molar-refractivity contribution in [2.75, 3.05) is 26.0 Å². The van der Waals surface area contributed by atoms with Crippen LogP contribution >= 0.6 is 0 Å². The van der Waals surface area contributed by atoms with E-state index in [4.69, 9.17) is 0 Å². The Morgan fingerprint density at radius 3 is 2.17 bits per heavy atom. The van der Waals surface area contributed by atoms with Crippen molar-refractivity contribution in [3.8, 4) is 11.1 Å². The number of aliphatic hydroxyl groups is 1. The molecule has 1 spiro atoms. The van der Waals surface area contributed by atoms with Crippen molar-refractivity contribution in [2.45, 2.75) is 30.8 Å². The fraction of sp³-hybridized carbons (Fsp3) is 0.409. The number of benzene rings is 2. The van der Waals surface area contributed by atoms with Crippen molar-refractivity contribution in [3.05, 3.63) is 60.2 Å². The molecule has 2 aliphatic heterocycles. The first kappa shape index (κ1) is 20.1. The summed E-state index contributed by atoms with van der Waals surface area (Å²) in [5, 5.41) is 9.97. The average Bonchev–Trinajstić information content (AvgIpc) is 2.66. The van der Waals surface area contributed by atoms with Gasteiger partial charge in [0.05, 0.1) is 24.4 Å². The van der Waals surface area contributed by atoms with E-state index in [0.29, 0.717) is 19.5 Å². The van der Waals surface area contributed by atoms with Gasteiger partial charge in [0.25, 0.3) is 0 Å². The molecule has 2 aromatic rings. The molecule has 0 radical (unpaired) electrons. The Hall–Kier alpha value is -2.22. The minimum atomic E-state index is -3.51. The fourth-order valence-corrected chi connectivity index (χ4v) is 6.60. The molecule has 6 nitrogen and oxygen atoms in total. The first-order chi connectivity index (χ1) is 13.8. The second kappa shape index (κ2) is 7.23. The quantitative estimate of drug-likeness (QED) is 0.813. The fourth-order valence-electron chi connectivity index (χ4n) is 5.03. The summed E-state index contributed by atoms with van der Waals surface area (Å²) in [6.45, 7) is 2.29. The second-order valence-electron chi connectivity index (χ2n) is 7.98. The molecular formula is C22H26N2O4S. The third kappa shape index (κ3) is 3.17. The van der Waals surface area contributed by atoms with Gasteiger partial charge in [0.15, 0.2) is 0 Å². The zero-order valence-corrected chi connectivity index (χ0v) is 17.5. The van der Waals surface area contributed by atoms with Gasteiger partial charge in [-0.05, 0) is 16.7 Å². The summed E-state index contributed by atoms with van der Waals surface area (Å²) in [5.41, 5.74) is 2.52. The van der Waals surface area contributed by atoms with Crippen LogP contribution in [0.3, 0.4) is 0 Å². The highest BCUT2D eigenvalue weighted by Gasteiger charge is 2.69. The molecule has 2 aromatic carbocycles. The van der Waals surface area contributed by atoms with Gasteiger partial charge in [-0.25, -0.2) is 8.42 Å². The van der Waals surface area contributed by atoms with E-state index >= 15 is 0 Å². The van der Waals surface area contributed by atoms with Crippen molar-refractivity contribution in [3.63, 3.8) is 0 Å². The van der Waals surface area contributed by atoms with E-state index in [-0.39, 0.29) is 18.4 Å². The third-order valence-corrected chi connectivity index (χ3v) is 7.56. The summed E-state index contributed by atoms with van der Waals surface area (Å²) in [4.78, 5) is 13.8. The molecule has 2 heterocycles. The van der Waals surface area contributed by atoms with Gasteiger partial charge in [-0.2, -0.15) is 4.31 Å². The number of carbonyl (C=O) groups excluding carboxylic acids is 1. The van der Waals surface area contributed by atoms with Crippen LogP contribution in [0.15, 0.2) is 54.6 Å². The summed E-state index contributed by atoms with van der Waals surface area (Å²) in [7, 11) is -3.51. The molecule has 2 aliphatic rings. The minimum Gasteiger partial charge on any atom is -0.395 e. The standard InChI is InChI=1S/C22H26N2O4S/c1-3-20(26)23-14-22(15-23)21(19(13-25)24(22)29(2,27)28)18-11-9-17(10-12-18)16-7-5-4-6-8-16/h4-12,19,21,25H,3,13-15H2,1-2H3/t19-,21+/m1/s1. The Morgan fingerprint density at radius 2 is 1.66 bits per heavy atom. The van der Waals surface area contributed by atoms with Crippen LogP contribution < -0.4 is 0 Å². The van der Waals surface area contributed by atoms with Crippen molar-refractivity contribution in [1.82, 2.24) is 9.21 Å². The number of nitrogens with zero attached hydrogens (tertiary/aromatic N) is 2. The van der Waals surface area contributed by atoms with Crippen LogP contribution in [0.2, 0.25) is 0 Å². The predicted molar refractivity (Wildman–Crippen MR) is 112 cm³/mol. The Bertz CT molecular complexity index is 999. The van der Waals surface area contributed by atoms with Crippen LogP contribution in [0.25, 0.3) is 11.1 Å². The summed E-state index contributed by atoms with van der Waals surface area (Å²) < 4.78 is 26.4. The van der Waals surface area contributed by atoms with Crippen LogP contribution in [0.4, 0.5) is 0 Å². The normalized spacial score (nSPS) is 23.5. The summed E-state index contributed by atoms with van der Waals surface area (Å²) in [6, 6.07) is 17.6. The van der Waals surface area contributed by atoms with Crippen LogP contribution in [-0.4, -0.2) is 66.2 Å². The van der Waals surface area contributed by atoms with Gasteiger partial charge in [-0.1, -0.05) is 61.5 Å². The number of rotatable bonds is 5. The van der Waals surface area contributed by atoms with Crippen molar-refractivity contribution in [1.29, 1.82) is 0 Å². The lowest BCUT2D eigenvalue weighted by atomic mass is 9.62. The number of hydrogen-bond acceptors (Lipinski definition) is 4. The van der Waals surface area contributed by atoms with Crippen molar-refractivity contribution in [2.24, 2.45) is 0 Å². The molecule has 4 rings (SSSR count). The SMILES string of the molecule is CCC(=O)N1CC2(C1)[C@@H](c1ccc(-c3ccccc3)cc1)[C@@H](CO)N2S(C)(=O)=O. The van der Waals surface area contributed by atoms with E-state index in [9.17, 15) is 18.3 Å². The molecule has 0 bridgehead atoms. The monoisotopic (exact) mass is 414 g/mol. The van der Waals surface area contributed by atoms with Gasteiger partial charge in [0.1, 0.15) is 0 Å². The van der Waals surface area contributed by atoms with Crippen LogP contribution in [0.1, 0.15) is 24.8 Å². The molecule has 2 atom stereocenters. The highest BCUT2D eigenvalue weighted by molar-refractivity contribution is 7.88. The van der Waals surface area contributed by atoms with E-state index in [2.05, 4.69) is 0 Å². The van der Waals surface area contributed by atoms with E-state index in [1.165, 1.54) is 10.6 Å².